The third-order valence-electron chi connectivity index (χ3n) is 2.63. The van der Waals surface area contributed by atoms with Gasteiger partial charge < -0.3 is 14.8 Å². The SMILES string of the molecule is CCNC(COC(C)(C)C)c1cccc(OC(F)(F)F)c1. The minimum absolute atomic E-state index is 0.189. The maximum Gasteiger partial charge on any atom is 0.573 e. The third kappa shape index (κ3) is 7.34. The molecule has 0 aliphatic rings. The summed E-state index contributed by atoms with van der Waals surface area (Å²) >= 11 is 0. The van der Waals surface area contributed by atoms with Gasteiger partial charge in [0, 0.05) is 0 Å². The molecule has 0 fully saturated rings. The Bertz CT molecular complexity index is 441. The molecule has 0 spiro atoms. The van der Waals surface area contributed by atoms with Crippen molar-refractivity contribution in [1.82, 2.24) is 5.32 Å². The molecule has 0 saturated carbocycles. The standard InChI is InChI=1S/C15H22F3NO2/c1-5-19-13(10-20-14(2,3)4)11-7-6-8-12(9-11)21-15(16,17)18/h6-9,13,19H,5,10H2,1-4H3. The Labute approximate surface area is 123 Å². The van der Waals surface area contributed by atoms with Gasteiger partial charge in [0.1, 0.15) is 5.75 Å². The van der Waals surface area contributed by atoms with Crippen LogP contribution in [0.15, 0.2) is 24.3 Å². The molecule has 0 radical (unpaired) electrons. The van der Waals surface area contributed by atoms with E-state index in [1.165, 1.54) is 18.2 Å². The van der Waals surface area contributed by atoms with Gasteiger partial charge in [-0.3, -0.25) is 0 Å². The minimum Gasteiger partial charge on any atom is -0.406 e. The lowest BCUT2D eigenvalue weighted by atomic mass is 10.1. The van der Waals surface area contributed by atoms with Gasteiger partial charge in [0.25, 0.3) is 0 Å². The second kappa shape index (κ2) is 7.13. The number of benzene rings is 1. The molecule has 1 rings (SSSR count). The molecule has 6 heteroatoms. The number of hydrogen-bond acceptors (Lipinski definition) is 3. The van der Waals surface area contributed by atoms with Crippen LogP contribution in [0.4, 0.5) is 13.2 Å². The van der Waals surface area contributed by atoms with Crippen molar-refractivity contribution < 1.29 is 22.6 Å². The van der Waals surface area contributed by atoms with Gasteiger partial charge in [-0.1, -0.05) is 19.1 Å². The van der Waals surface area contributed by atoms with Crippen molar-refractivity contribution in [3.8, 4) is 5.75 Å². The number of likely N-dealkylation sites (N-methyl/N-ethyl adjacent to an activating group) is 1. The van der Waals surface area contributed by atoms with Gasteiger partial charge in [0.2, 0.25) is 0 Å². The van der Waals surface area contributed by atoms with Gasteiger partial charge in [0.15, 0.2) is 0 Å². The lowest BCUT2D eigenvalue weighted by molar-refractivity contribution is -0.274. The van der Waals surface area contributed by atoms with Crippen LogP contribution in [0.2, 0.25) is 0 Å². The topological polar surface area (TPSA) is 30.5 Å². The van der Waals surface area contributed by atoms with E-state index in [4.69, 9.17) is 4.74 Å². The Kier molecular flexibility index (Phi) is 6.04. The summed E-state index contributed by atoms with van der Waals surface area (Å²) in [6.07, 6.45) is -4.69. The van der Waals surface area contributed by atoms with Crippen LogP contribution in [0.5, 0.6) is 5.75 Å². The molecule has 0 aliphatic carbocycles. The Morgan fingerprint density at radius 2 is 1.86 bits per heavy atom. The minimum atomic E-state index is -4.69. The normalized spacial score (nSPS) is 14.0. The highest BCUT2D eigenvalue weighted by Crippen LogP contribution is 2.26. The predicted molar refractivity (Wildman–Crippen MR) is 75.2 cm³/mol. The summed E-state index contributed by atoms with van der Waals surface area (Å²) in [4.78, 5) is 0. The highest BCUT2D eigenvalue weighted by atomic mass is 19.4. The summed E-state index contributed by atoms with van der Waals surface area (Å²) in [5.74, 6) is -0.223. The van der Waals surface area contributed by atoms with E-state index in [1.807, 2.05) is 27.7 Å². The van der Waals surface area contributed by atoms with E-state index in [0.717, 1.165) is 0 Å². The zero-order valence-corrected chi connectivity index (χ0v) is 12.8. The molecule has 1 aromatic carbocycles. The number of rotatable bonds is 6. The van der Waals surface area contributed by atoms with Gasteiger partial charge in [-0.2, -0.15) is 0 Å². The van der Waals surface area contributed by atoms with Crippen LogP contribution in [0.1, 0.15) is 39.3 Å². The fourth-order valence-corrected chi connectivity index (χ4v) is 1.78. The first-order chi connectivity index (χ1) is 9.61. The summed E-state index contributed by atoms with van der Waals surface area (Å²) in [5, 5.41) is 3.20. The van der Waals surface area contributed by atoms with Crippen LogP contribution in [-0.2, 0) is 4.74 Å². The molecular weight excluding hydrogens is 283 g/mol. The number of alkyl halides is 3. The fourth-order valence-electron chi connectivity index (χ4n) is 1.78. The second-order valence-electron chi connectivity index (χ2n) is 5.65. The Morgan fingerprint density at radius 3 is 2.38 bits per heavy atom. The highest BCUT2D eigenvalue weighted by molar-refractivity contribution is 5.30. The summed E-state index contributed by atoms with van der Waals surface area (Å²) < 4.78 is 46.5. The molecule has 0 saturated heterocycles. The van der Waals surface area contributed by atoms with Crippen molar-refractivity contribution in [2.75, 3.05) is 13.2 Å². The van der Waals surface area contributed by atoms with Crippen molar-refractivity contribution in [3.05, 3.63) is 29.8 Å². The number of ether oxygens (including phenoxy) is 2. The van der Waals surface area contributed by atoms with Crippen molar-refractivity contribution in [3.63, 3.8) is 0 Å². The van der Waals surface area contributed by atoms with E-state index >= 15 is 0 Å². The molecule has 0 aliphatic heterocycles. The Hall–Kier alpha value is -1.27. The summed E-state index contributed by atoms with van der Waals surface area (Å²) in [5.41, 5.74) is 0.385. The van der Waals surface area contributed by atoms with Crippen LogP contribution < -0.4 is 10.1 Å². The first-order valence-electron chi connectivity index (χ1n) is 6.84. The number of hydrogen-bond donors (Lipinski definition) is 1. The maximum absolute atomic E-state index is 12.3. The van der Waals surface area contributed by atoms with Crippen molar-refractivity contribution in [2.45, 2.75) is 45.7 Å². The predicted octanol–water partition coefficient (Wildman–Crippen LogP) is 4.05. The molecule has 0 bridgehead atoms. The van der Waals surface area contributed by atoms with Crippen LogP contribution in [-0.4, -0.2) is 25.1 Å². The smallest absolute Gasteiger partial charge is 0.406 e. The van der Waals surface area contributed by atoms with Crippen molar-refractivity contribution in [2.24, 2.45) is 0 Å². The average molecular weight is 305 g/mol. The molecule has 1 aromatic rings. The molecule has 0 aromatic heterocycles. The highest BCUT2D eigenvalue weighted by Gasteiger charge is 2.31. The summed E-state index contributed by atoms with van der Waals surface area (Å²) in [6, 6.07) is 5.77. The average Bonchev–Trinajstić information content (AvgIpc) is 2.31. The van der Waals surface area contributed by atoms with Crippen LogP contribution in [0, 0.1) is 0 Å². The first kappa shape index (κ1) is 17.8. The molecule has 0 amide bonds. The number of nitrogens with one attached hydrogen (secondary N) is 1. The largest absolute Gasteiger partial charge is 0.573 e. The van der Waals surface area contributed by atoms with E-state index in [2.05, 4.69) is 10.1 Å². The van der Waals surface area contributed by atoms with Crippen LogP contribution in [0.25, 0.3) is 0 Å². The van der Waals surface area contributed by atoms with Crippen LogP contribution in [0.3, 0.4) is 0 Å². The Morgan fingerprint density at radius 1 is 1.19 bits per heavy atom. The van der Waals surface area contributed by atoms with Gasteiger partial charge in [-0.15, -0.1) is 13.2 Å². The zero-order valence-electron chi connectivity index (χ0n) is 12.8. The van der Waals surface area contributed by atoms with E-state index in [1.54, 1.807) is 6.07 Å². The number of halogens is 3. The molecule has 3 nitrogen and oxygen atoms in total. The van der Waals surface area contributed by atoms with E-state index in [9.17, 15) is 13.2 Å². The molecule has 1 atom stereocenters. The first-order valence-corrected chi connectivity index (χ1v) is 6.84. The fraction of sp³-hybridized carbons (Fsp3) is 0.600. The summed E-state index contributed by atoms with van der Waals surface area (Å²) in [7, 11) is 0. The van der Waals surface area contributed by atoms with Crippen molar-refractivity contribution >= 4 is 0 Å². The van der Waals surface area contributed by atoms with E-state index < -0.39 is 6.36 Å². The molecule has 1 unspecified atom stereocenters. The second-order valence-corrected chi connectivity index (χ2v) is 5.65. The monoisotopic (exact) mass is 305 g/mol. The quantitative estimate of drug-likeness (QED) is 0.860. The Balaban J connectivity index is 2.85. The molecular formula is C15H22F3NO2. The van der Waals surface area contributed by atoms with Crippen molar-refractivity contribution in [1.29, 1.82) is 0 Å². The molecule has 1 N–H and O–H groups in total. The van der Waals surface area contributed by atoms with Gasteiger partial charge >= 0.3 is 6.36 Å². The van der Waals surface area contributed by atoms with Gasteiger partial charge in [-0.25, -0.2) is 0 Å². The maximum atomic E-state index is 12.3. The molecule has 120 valence electrons. The van der Waals surface area contributed by atoms with E-state index in [0.29, 0.717) is 18.7 Å². The van der Waals surface area contributed by atoms with Gasteiger partial charge in [0.05, 0.1) is 18.2 Å². The lowest BCUT2D eigenvalue weighted by Crippen LogP contribution is -2.30. The third-order valence-corrected chi connectivity index (χ3v) is 2.63. The van der Waals surface area contributed by atoms with Gasteiger partial charge in [-0.05, 0) is 45.0 Å². The van der Waals surface area contributed by atoms with Crippen LogP contribution >= 0.6 is 0 Å². The molecule has 21 heavy (non-hydrogen) atoms. The summed E-state index contributed by atoms with van der Waals surface area (Å²) in [6.45, 7) is 8.77. The lowest BCUT2D eigenvalue weighted by Gasteiger charge is -2.25. The zero-order chi connectivity index (χ0) is 16.1. The van der Waals surface area contributed by atoms with E-state index in [-0.39, 0.29) is 17.4 Å². The molecule has 0 heterocycles.